The van der Waals surface area contributed by atoms with E-state index in [1.165, 1.54) is 12.1 Å². The molecular weight excluding hydrogens is 399 g/mol. The molecule has 0 radical (unpaired) electrons. The summed E-state index contributed by atoms with van der Waals surface area (Å²) in [5.41, 5.74) is 1.22. The van der Waals surface area contributed by atoms with Gasteiger partial charge in [-0.3, -0.25) is 14.5 Å². The molecule has 0 bridgehead atoms. The molecular formula is C24H29FN2O4. The van der Waals surface area contributed by atoms with Gasteiger partial charge < -0.3 is 14.4 Å². The summed E-state index contributed by atoms with van der Waals surface area (Å²) in [5, 5.41) is 0. The van der Waals surface area contributed by atoms with Crippen molar-refractivity contribution in [1.29, 1.82) is 0 Å². The first-order chi connectivity index (χ1) is 15.0. The van der Waals surface area contributed by atoms with E-state index in [4.69, 9.17) is 9.47 Å². The zero-order chi connectivity index (χ0) is 21.5. The highest BCUT2D eigenvalue weighted by Gasteiger charge is 2.52. The quantitative estimate of drug-likeness (QED) is 0.738. The number of ketones is 1. The van der Waals surface area contributed by atoms with Crippen molar-refractivity contribution in [1.82, 2.24) is 9.80 Å². The van der Waals surface area contributed by atoms with Crippen molar-refractivity contribution in [3.8, 4) is 0 Å². The molecule has 31 heavy (non-hydrogen) atoms. The van der Waals surface area contributed by atoms with Crippen LogP contribution in [0.2, 0.25) is 0 Å². The Morgan fingerprint density at radius 2 is 1.81 bits per heavy atom. The van der Waals surface area contributed by atoms with E-state index >= 15 is 0 Å². The van der Waals surface area contributed by atoms with Gasteiger partial charge >= 0.3 is 0 Å². The third-order valence-corrected chi connectivity index (χ3v) is 7.15. The molecule has 7 heteroatoms. The SMILES string of the molecule is CC1CCC2OC3=C(C(=O)C2C1)C(c1ccc(F)cc1)N(CCN1CCOCC1)C3=O. The lowest BCUT2D eigenvalue weighted by molar-refractivity contribution is -0.136. The van der Waals surface area contributed by atoms with E-state index in [1.54, 1.807) is 17.0 Å². The molecule has 2 fully saturated rings. The van der Waals surface area contributed by atoms with Crippen LogP contribution in [0.25, 0.3) is 0 Å². The third-order valence-electron chi connectivity index (χ3n) is 7.15. The fraction of sp³-hybridized carbons (Fsp3) is 0.583. The van der Waals surface area contributed by atoms with Gasteiger partial charge in [-0.15, -0.1) is 0 Å². The Kier molecular flexibility index (Phi) is 5.56. The van der Waals surface area contributed by atoms with Gasteiger partial charge in [-0.2, -0.15) is 0 Å². The predicted octanol–water partition coefficient (Wildman–Crippen LogP) is 2.70. The van der Waals surface area contributed by atoms with E-state index in [1.807, 2.05) is 0 Å². The average molecular weight is 429 g/mol. The normalized spacial score (nSPS) is 31.5. The second-order valence-corrected chi connectivity index (χ2v) is 9.19. The fourth-order valence-corrected chi connectivity index (χ4v) is 5.42. The van der Waals surface area contributed by atoms with E-state index in [0.717, 1.165) is 37.9 Å². The maximum absolute atomic E-state index is 13.6. The fourth-order valence-electron chi connectivity index (χ4n) is 5.42. The minimum absolute atomic E-state index is 0.0364. The summed E-state index contributed by atoms with van der Waals surface area (Å²) >= 11 is 0. The monoisotopic (exact) mass is 428 g/mol. The molecule has 6 nitrogen and oxygen atoms in total. The molecule has 4 aliphatic rings. The lowest BCUT2D eigenvalue weighted by Gasteiger charge is -2.37. The van der Waals surface area contributed by atoms with Gasteiger partial charge in [0.2, 0.25) is 0 Å². The minimum atomic E-state index is -0.519. The summed E-state index contributed by atoms with van der Waals surface area (Å²) in [7, 11) is 0. The Hall–Kier alpha value is -2.25. The molecule has 0 N–H and O–H groups in total. The van der Waals surface area contributed by atoms with Crippen LogP contribution in [-0.4, -0.2) is 67.0 Å². The van der Waals surface area contributed by atoms with Crippen molar-refractivity contribution < 1.29 is 23.5 Å². The molecule has 166 valence electrons. The van der Waals surface area contributed by atoms with Gasteiger partial charge in [0.1, 0.15) is 11.9 Å². The summed E-state index contributed by atoms with van der Waals surface area (Å²) in [5.74, 6) is -0.0313. The first-order valence-corrected chi connectivity index (χ1v) is 11.3. The van der Waals surface area contributed by atoms with Crippen LogP contribution in [0, 0.1) is 17.7 Å². The second-order valence-electron chi connectivity index (χ2n) is 9.19. The smallest absolute Gasteiger partial charge is 0.290 e. The lowest BCUT2D eigenvalue weighted by atomic mass is 9.74. The van der Waals surface area contributed by atoms with Gasteiger partial charge in [0.25, 0.3) is 5.91 Å². The third kappa shape index (κ3) is 3.78. The lowest BCUT2D eigenvalue weighted by Crippen LogP contribution is -2.43. The number of ether oxygens (including phenoxy) is 2. The Bertz CT molecular complexity index is 893. The van der Waals surface area contributed by atoms with Gasteiger partial charge in [-0.05, 0) is 42.9 Å². The van der Waals surface area contributed by atoms with Crippen LogP contribution in [0.5, 0.6) is 0 Å². The van der Waals surface area contributed by atoms with Gasteiger partial charge in [0.05, 0.1) is 30.7 Å². The number of carbonyl (C=O) groups is 2. The van der Waals surface area contributed by atoms with Gasteiger partial charge in [-0.25, -0.2) is 4.39 Å². The Labute approximate surface area is 182 Å². The van der Waals surface area contributed by atoms with Gasteiger partial charge in [0.15, 0.2) is 11.5 Å². The highest BCUT2D eigenvalue weighted by Crippen LogP contribution is 2.47. The largest absolute Gasteiger partial charge is 0.483 e. The zero-order valence-electron chi connectivity index (χ0n) is 17.9. The summed E-state index contributed by atoms with van der Waals surface area (Å²) < 4.78 is 25.2. The molecule has 3 aliphatic heterocycles. The molecule has 5 rings (SSSR count). The van der Waals surface area contributed by atoms with Crippen molar-refractivity contribution >= 4 is 11.7 Å². The van der Waals surface area contributed by atoms with Crippen LogP contribution in [0.3, 0.4) is 0 Å². The number of rotatable bonds is 4. The van der Waals surface area contributed by atoms with E-state index in [2.05, 4.69) is 11.8 Å². The first-order valence-electron chi connectivity index (χ1n) is 11.3. The molecule has 0 aromatic heterocycles. The predicted molar refractivity (Wildman–Crippen MR) is 112 cm³/mol. The molecule has 1 amide bonds. The standard InChI is InChI=1S/C24H29FN2O4/c1-15-2-7-19-18(14-15)22(28)20-21(16-3-5-17(25)6-4-16)27(24(29)23(20)31-19)9-8-26-10-12-30-13-11-26/h3-6,15,18-19,21H,2,7-14H2,1H3. The number of carbonyl (C=O) groups excluding carboxylic acids is 2. The maximum Gasteiger partial charge on any atom is 0.290 e. The molecule has 1 saturated carbocycles. The van der Waals surface area contributed by atoms with Crippen LogP contribution in [-0.2, 0) is 19.1 Å². The number of benzene rings is 1. The molecule has 1 saturated heterocycles. The van der Waals surface area contributed by atoms with Crippen molar-refractivity contribution in [2.24, 2.45) is 11.8 Å². The van der Waals surface area contributed by atoms with Gasteiger partial charge in [-0.1, -0.05) is 19.1 Å². The summed E-state index contributed by atoms with van der Waals surface area (Å²) in [6, 6.07) is 5.60. The second kappa shape index (κ2) is 8.36. The average Bonchev–Trinajstić information content (AvgIpc) is 3.06. The van der Waals surface area contributed by atoms with Crippen molar-refractivity contribution in [2.75, 3.05) is 39.4 Å². The molecule has 4 atom stereocenters. The van der Waals surface area contributed by atoms with Crippen LogP contribution < -0.4 is 0 Å². The maximum atomic E-state index is 13.6. The number of nitrogens with zero attached hydrogens (tertiary/aromatic N) is 2. The highest BCUT2D eigenvalue weighted by atomic mass is 19.1. The van der Waals surface area contributed by atoms with Gasteiger partial charge in [0, 0.05) is 26.2 Å². The molecule has 1 aliphatic carbocycles. The Balaban J connectivity index is 1.47. The number of halogens is 1. The van der Waals surface area contributed by atoms with E-state index in [0.29, 0.717) is 37.8 Å². The topological polar surface area (TPSA) is 59.1 Å². The first kappa shape index (κ1) is 20.6. The molecule has 4 unspecified atom stereocenters. The van der Waals surface area contributed by atoms with Crippen LogP contribution in [0.4, 0.5) is 4.39 Å². The van der Waals surface area contributed by atoms with Crippen LogP contribution in [0.15, 0.2) is 35.6 Å². The van der Waals surface area contributed by atoms with E-state index in [9.17, 15) is 14.0 Å². The number of hydrogen-bond acceptors (Lipinski definition) is 5. The van der Waals surface area contributed by atoms with Crippen LogP contribution >= 0.6 is 0 Å². The zero-order valence-corrected chi connectivity index (χ0v) is 17.9. The van der Waals surface area contributed by atoms with E-state index < -0.39 is 6.04 Å². The number of Topliss-reactive ketones (excluding diaryl/α,β-unsaturated/α-hetero) is 1. The molecule has 3 heterocycles. The summed E-state index contributed by atoms with van der Waals surface area (Å²) in [6.07, 6.45) is 2.39. The van der Waals surface area contributed by atoms with Crippen molar-refractivity contribution in [3.63, 3.8) is 0 Å². The summed E-state index contributed by atoms with van der Waals surface area (Å²) in [4.78, 5) is 31.0. The number of fused-ring (bicyclic) bond motifs is 1. The Morgan fingerprint density at radius 1 is 1.06 bits per heavy atom. The van der Waals surface area contributed by atoms with Crippen LogP contribution in [0.1, 0.15) is 37.8 Å². The molecule has 0 spiro atoms. The Morgan fingerprint density at radius 3 is 2.55 bits per heavy atom. The summed E-state index contributed by atoms with van der Waals surface area (Å²) in [6.45, 7) is 6.38. The number of morpholine rings is 1. The van der Waals surface area contributed by atoms with Crippen molar-refractivity contribution in [3.05, 3.63) is 47.0 Å². The number of amides is 1. The number of hydrogen-bond donors (Lipinski definition) is 0. The van der Waals surface area contributed by atoms with E-state index in [-0.39, 0.29) is 35.3 Å². The highest BCUT2D eigenvalue weighted by molar-refractivity contribution is 6.11. The molecule has 1 aromatic rings. The minimum Gasteiger partial charge on any atom is -0.483 e. The van der Waals surface area contributed by atoms with Crippen molar-refractivity contribution in [2.45, 2.75) is 38.3 Å². The molecule has 1 aromatic carbocycles.